The van der Waals surface area contributed by atoms with Crippen molar-refractivity contribution in [3.8, 4) is 11.1 Å². The number of aliphatic carboxylic acids is 1. The fourth-order valence-electron chi connectivity index (χ4n) is 3.89. The number of likely N-dealkylation sites (tertiary alicyclic amines) is 1. The average Bonchev–Trinajstić information content (AvgIpc) is 3.25. The highest BCUT2D eigenvalue weighted by Crippen LogP contribution is 2.33. The monoisotopic (exact) mass is 401 g/mol. The molecule has 1 fully saturated rings. The summed E-state index contributed by atoms with van der Waals surface area (Å²) in [5.41, 5.74) is 4.13. The lowest BCUT2D eigenvalue weighted by Gasteiger charge is -2.21. The molecule has 5 heteroatoms. The van der Waals surface area contributed by atoms with E-state index in [9.17, 15) is 14.7 Å². The number of rotatable bonds is 5. The fraction of sp³-hybridized carbons (Fsp3) is 0.200. The van der Waals surface area contributed by atoms with E-state index in [2.05, 4.69) is 12.1 Å². The Bertz CT molecular complexity index is 1000. The van der Waals surface area contributed by atoms with E-state index in [-0.39, 0.29) is 12.5 Å². The van der Waals surface area contributed by atoms with Crippen LogP contribution in [0.5, 0.6) is 0 Å². The second-order valence-electron chi connectivity index (χ2n) is 7.47. The first-order chi connectivity index (χ1) is 14.6. The molecule has 2 atom stereocenters. The molecule has 3 aromatic carbocycles. The number of carbonyl (C=O) groups excluding carboxylic acids is 1. The number of hydrogen-bond donors (Lipinski definition) is 1. The topological polar surface area (TPSA) is 66.8 Å². The van der Waals surface area contributed by atoms with Gasteiger partial charge in [0, 0.05) is 12.5 Å². The number of carboxylic acids is 1. The van der Waals surface area contributed by atoms with Gasteiger partial charge in [0.2, 0.25) is 0 Å². The highest BCUT2D eigenvalue weighted by atomic mass is 16.6. The Morgan fingerprint density at radius 2 is 1.47 bits per heavy atom. The molecule has 1 amide bonds. The summed E-state index contributed by atoms with van der Waals surface area (Å²) in [5.74, 6) is -1.05. The third-order valence-corrected chi connectivity index (χ3v) is 5.51. The van der Waals surface area contributed by atoms with Crippen LogP contribution < -0.4 is 0 Å². The first-order valence-corrected chi connectivity index (χ1v) is 9.97. The maximum absolute atomic E-state index is 12.6. The molecule has 1 heterocycles. The number of carbonyl (C=O) groups is 2. The molecule has 0 bridgehead atoms. The van der Waals surface area contributed by atoms with Crippen molar-refractivity contribution in [2.45, 2.75) is 25.0 Å². The van der Waals surface area contributed by atoms with Gasteiger partial charge in [-0.15, -0.1) is 0 Å². The Labute approximate surface area is 175 Å². The van der Waals surface area contributed by atoms with Crippen LogP contribution in [0.2, 0.25) is 0 Å². The molecule has 0 radical (unpaired) electrons. The van der Waals surface area contributed by atoms with Crippen LogP contribution in [0.4, 0.5) is 4.79 Å². The van der Waals surface area contributed by atoms with Gasteiger partial charge >= 0.3 is 12.1 Å². The highest BCUT2D eigenvalue weighted by Gasteiger charge is 2.41. The Kier molecular flexibility index (Phi) is 5.80. The smallest absolute Gasteiger partial charge is 0.410 e. The largest absolute Gasteiger partial charge is 0.480 e. The highest BCUT2D eigenvalue weighted by molar-refractivity contribution is 5.81. The second kappa shape index (κ2) is 8.82. The molecule has 2 unspecified atom stereocenters. The van der Waals surface area contributed by atoms with E-state index in [1.807, 2.05) is 72.8 Å². The normalized spacial score (nSPS) is 18.2. The van der Waals surface area contributed by atoms with Crippen molar-refractivity contribution < 1.29 is 19.4 Å². The lowest BCUT2D eigenvalue weighted by atomic mass is 9.94. The van der Waals surface area contributed by atoms with E-state index in [0.29, 0.717) is 13.0 Å². The zero-order valence-corrected chi connectivity index (χ0v) is 16.5. The number of ether oxygens (including phenoxy) is 1. The predicted molar refractivity (Wildman–Crippen MR) is 114 cm³/mol. The summed E-state index contributed by atoms with van der Waals surface area (Å²) in [7, 11) is 0. The second-order valence-corrected chi connectivity index (χ2v) is 7.47. The van der Waals surface area contributed by atoms with Gasteiger partial charge in [0.05, 0.1) is 0 Å². The molecule has 0 aromatic heterocycles. The Balaban J connectivity index is 1.45. The van der Waals surface area contributed by atoms with Crippen molar-refractivity contribution in [1.82, 2.24) is 4.90 Å². The molecule has 3 aromatic rings. The fourth-order valence-corrected chi connectivity index (χ4v) is 3.89. The molecule has 1 saturated heterocycles. The van der Waals surface area contributed by atoms with E-state index in [4.69, 9.17) is 4.74 Å². The molecule has 1 aliphatic rings. The van der Waals surface area contributed by atoms with Gasteiger partial charge in [-0.25, -0.2) is 9.59 Å². The van der Waals surface area contributed by atoms with Gasteiger partial charge in [0.15, 0.2) is 0 Å². The van der Waals surface area contributed by atoms with E-state index in [0.717, 1.165) is 22.3 Å². The van der Waals surface area contributed by atoms with Gasteiger partial charge in [0.1, 0.15) is 12.6 Å². The van der Waals surface area contributed by atoms with Crippen molar-refractivity contribution >= 4 is 12.1 Å². The molecular weight excluding hydrogens is 378 g/mol. The van der Waals surface area contributed by atoms with Gasteiger partial charge in [0.25, 0.3) is 0 Å². The summed E-state index contributed by atoms with van der Waals surface area (Å²) in [6.45, 7) is 0.453. The van der Waals surface area contributed by atoms with Crippen LogP contribution in [-0.2, 0) is 16.1 Å². The molecule has 4 rings (SSSR count). The lowest BCUT2D eigenvalue weighted by Crippen LogP contribution is -2.40. The zero-order valence-electron chi connectivity index (χ0n) is 16.5. The zero-order chi connectivity index (χ0) is 20.9. The van der Waals surface area contributed by atoms with Crippen LogP contribution in [0, 0.1) is 0 Å². The molecule has 152 valence electrons. The number of carboxylic acid groups (broad SMARTS) is 1. The van der Waals surface area contributed by atoms with Crippen molar-refractivity contribution in [2.75, 3.05) is 6.54 Å². The first-order valence-electron chi connectivity index (χ1n) is 9.97. The van der Waals surface area contributed by atoms with Gasteiger partial charge in [-0.05, 0) is 28.7 Å². The molecule has 1 N–H and O–H groups in total. The van der Waals surface area contributed by atoms with Crippen LogP contribution in [0.15, 0.2) is 84.9 Å². The molecule has 5 nitrogen and oxygen atoms in total. The van der Waals surface area contributed by atoms with E-state index in [1.54, 1.807) is 0 Å². The molecule has 0 spiro atoms. The van der Waals surface area contributed by atoms with Gasteiger partial charge < -0.3 is 9.84 Å². The standard InChI is InChI=1S/C25H23NO4/c27-24(28)23-15-22(16-26(23)25(29)30-17-18-7-3-1-4-8-18)21-13-11-20(12-14-21)19-9-5-2-6-10-19/h1-14,22-23H,15-17H2,(H,27,28). The number of hydrogen-bond acceptors (Lipinski definition) is 3. The predicted octanol–water partition coefficient (Wildman–Crippen LogP) is 4.93. The third kappa shape index (κ3) is 4.35. The Morgan fingerprint density at radius 3 is 2.10 bits per heavy atom. The molecule has 0 aliphatic carbocycles. The summed E-state index contributed by atoms with van der Waals surface area (Å²) in [6.07, 6.45) is -0.213. The summed E-state index contributed by atoms with van der Waals surface area (Å²) >= 11 is 0. The van der Waals surface area contributed by atoms with Crippen LogP contribution in [0.25, 0.3) is 11.1 Å². The van der Waals surface area contributed by atoms with Crippen molar-refractivity contribution in [1.29, 1.82) is 0 Å². The van der Waals surface area contributed by atoms with Crippen molar-refractivity contribution in [3.05, 3.63) is 96.1 Å². The lowest BCUT2D eigenvalue weighted by molar-refractivity contribution is -0.141. The average molecular weight is 401 g/mol. The quantitative estimate of drug-likeness (QED) is 0.658. The minimum atomic E-state index is -1.00. The van der Waals surface area contributed by atoms with Gasteiger partial charge in [-0.3, -0.25) is 4.90 Å². The summed E-state index contributed by atoms with van der Waals surface area (Å²) in [4.78, 5) is 25.7. The number of amides is 1. The van der Waals surface area contributed by atoms with Crippen LogP contribution >= 0.6 is 0 Å². The minimum absolute atomic E-state index is 0.0415. The maximum atomic E-state index is 12.6. The van der Waals surface area contributed by atoms with E-state index < -0.39 is 18.1 Å². The Morgan fingerprint density at radius 1 is 0.867 bits per heavy atom. The Hall–Kier alpha value is -3.60. The molecular formula is C25H23NO4. The molecule has 0 saturated carbocycles. The maximum Gasteiger partial charge on any atom is 0.410 e. The van der Waals surface area contributed by atoms with Crippen LogP contribution in [0.3, 0.4) is 0 Å². The van der Waals surface area contributed by atoms with Crippen LogP contribution in [0.1, 0.15) is 23.5 Å². The number of nitrogens with zero attached hydrogens (tertiary/aromatic N) is 1. The first kappa shape index (κ1) is 19.7. The van der Waals surface area contributed by atoms with E-state index >= 15 is 0 Å². The van der Waals surface area contributed by atoms with Crippen LogP contribution in [-0.4, -0.2) is 34.7 Å². The summed E-state index contributed by atoms with van der Waals surface area (Å²) in [5, 5.41) is 9.63. The SMILES string of the molecule is O=C(O)C1CC(c2ccc(-c3ccccc3)cc2)CN1C(=O)OCc1ccccc1. The van der Waals surface area contributed by atoms with Crippen molar-refractivity contribution in [2.24, 2.45) is 0 Å². The third-order valence-electron chi connectivity index (χ3n) is 5.51. The van der Waals surface area contributed by atoms with Crippen molar-refractivity contribution in [3.63, 3.8) is 0 Å². The van der Waals surface area contributed by atoms with Gasteiger partial charge in [-0.1, -0.05) is 84.9 Å². The minimum Gasteiger partial charge on any atom is -0.480 e. The summed E-state index contributed by atoms with van der Waals surface area (Å²) in [6, 6.07) is 26.7. The number of benzene rings is 3. The van der Waals surface area contributed by atoms with Gasteiger partial charge in [-0.2, -0.15) is 0 Å². The molecule has 1 aliphatic heterocycles. The van der Waals surface area contributed by atoms with E-state index in [1.165, 1.54) is 4.90 Å². The summed E-state index contributed by atoms with van der Waals surface area (Å²) < 4.78 is 5.38. The molecule has 30 heavy (non-hydrogen) atoms.